The molecule has 198 valence electrons. The number of aliphatic hydroxyl groups excluding tert-OH is 1. The third-order valence-electron chi connectivity index (χ3n) is 6.98. The van der Waals surface area contributed by atoms with Crippen LogP contribution in [0.25, 0.3) is 5.76 Å². The van der Waals surface area contributed by atoms with E-state index in [2.05, 4.69) is 20.8 Å². The zero-order valence-corrected chi connectivity index (χ0v) is 23.1. The standard InChI is InChI=1S/C32H35NO5/c1-8-38-26-15-13-22(18-25(26)32(4,5)6)29(34)27-28(21-10-9-11-24(17-21)37-7)33(31(36)30(27)35)23-14-12-19(2)20(3)16-23/h9-18,28,34H,8H2,1-7H3/b29-27-. The highest BCUT2D eigenvalue weighted by Crippen LogP contribution is 2.44. The third kappa shape index (κ3) is 4.91. The van der Waals surface area contributed by atoms with E-state index in [9.17, 15) is 14.7 Å². The number of methoxy groups -OCH3 is 1. The van der Waals surface area contributed by atoms with Gasteiger partial charge in [-0.2, -0.15) is 0 Å². The minimum absolute atomic E-state index is 0.0329. The molecule has 1 aliphatic heterocycles. The Morgan fingerprint density at radius 1 is 0.974 bits per heavy atom. The summed E-state index contributed by atoms with van der Waals surface area (Å²) >= 11 is 0. The van der Waals surface area contributed by atoms with Crippen molar-refractivity contribution >= 4 is 23.1 Å². The van der Waals surface area contributed by atoms with Crippen molar-refractivity contribution in [3.05, 3.63) is 94.1 Å². The Morgan fingerprint density at radius 2 is 1.71 bits per heavy atom. The van der Waals surface area contributed by atoms with E-state index in [0.29, 0.717) is 29.2 Å². The van der Waals surface area contributed by atoms with E-state index in [1.54, 1.807) is 31.4 Å². The molecule has 1 unspecified atom stereocenters. The summed E-state index contributed by atoms with van der Waals surface area (Å²) in [6, 6.07) is 17.4. The highest BCUT2D eigenvalue weighted by atomic mass is 16.5. The van der Waals surface area contributed by atoms with Gasteiger partial charge in [0, 0.05) is 16.8 Å². The second kappa shape index (κ2) is 10.4. The smallest absolute Gasteiger partial charge is 0.300 e. The van der Waals surface area contributed by atoms with Crippen molar-refractivity contribution in [2.45, 2.75) is 53.0 Å². The summed E-state index contributed by atoms with van der Waals surface area (Å²) in [7, 11) is 1.56. The summed E-state index contributed by atoms with van der Waals surface area (Å²) in [4.78, 5) is 28.6. The normalized spacial score (nSPS) is 17.1. The van der Waals surface area contributed by atoms with E-state index in [4.69, 9.17) is 9.47 Å². The molecule has 0 bridgehead atoms. The summed E-state index contributed by atoms with van der Waals surface area (Å²) in [6.07, 6.45) is 0. The molecule has 0 saturated carbocycles. The number of ketones is 1. The number of amides is 1. The number of ether oxygens (including phenoxy) is 2. The van der Waals surface area contributed by atoms with Gasteiger partial charge in [-0.25, -0.2) is 0 Å². The molecule has 1 amide bonds. The zero-order valence-electron chi connectivity index (χ0n) is 23.1. The molecule has 6 nitrogen and oxygen atoms in total. The molecule has 3 aromatic carbocycles. The number of hydrogen-bond acceptors (Lipinski definition) is 5. The number of aryl methyl sites for hydroxylation is 2. The van der Waals surface area contributed by atoms with Gasteiger partial charge in [0.1, 0.15) is 17.3 Å². The molecule has 38 heavy (non-hydrogen) atoms. The first-order valence-corrected chi connectivity index (χ1v) is 12.8. The van der Waals surface area contributed by atoms with Crippen LogP contribution in [-0.4, -0.2) is 30.5 Å². The molecular formula is C32H35NO5. The van der Waals surface area contributed by atoms with Gasteiger partial charge in [-0.1, -0.05) is 39.0 Å². The Balaban J connectivity index is 1.97. The monoisotopic (exact) mass is 513 g/mol. The van der Waals surface area contributed by atoms with Gasteiger partial charge < -0.3 is 14.6 Å². The molecule has 4 rings (SSSR count). The van der Waals surface area contributed by atoms with Crippen molar-refractivity contribution in [1.29, 1.82) is 0 Å². The van der Waals surface area contributed by atoms with E-state index in [0.717, 1.165) is 22.4 Å². The van der Waals surface area contributed by atoms with E-state index in [1.165, 1.54) is 4.90 Å². The van der Waals surface area contributed by atoms with Crippen molar-refractivity contribution in [1.82, 2.24) is 0 Å². The third-order valence-corrected chi connectivity index (χ3v) is 6.98. The number of carbonyl (C=O) groups is 2. The maximum atomic E-state index is 13.6. The Hall–Kier alpha value is -4.06. The second-order valence-electron chi connectivity index (χ2n) is 10.6. The van der Waals surface area contributed by atoms with Gasteiger partial charge in [-0.05, 0) is 85.3 Å². The quantitative estimate of drug-likeness (QED) is 0.227. The molecule has 0 aliphatic carbocycles. The number of nitrogens with zero attached hydrogens (tertiary/aromatic N) is 1. The van der Waals surface area contributed by atoms with E-state index >= 15 is 0 Å². The fourth-order valence-corrected chi connectivity index (χ4v) is 4.80. The summed E-state index contributed by atoms with van der Waals surface area (Å²) in [5.41, 5.74) is 4.41. The lowest BCUT2D eigenvalue weighted by molar-refractivity contribution is -0.132. The number of rotatable bonds is 6. The van der Waals surface area contributed by atoms with Gasteiger partial charge in [0.25, 0.3) is 11.7 Å². The fourth-order valence-electron chi connectivity index (χ4n) is 4.80. The Morgan fingerprint density at radius 3 is 2.34 bits per heavy atom. The largest absolute Gasteiger partial charge is 0.507 e. The van der Waals surface area contributed by atoms with E-state index in [1.807, 2.05) is 57.2 Å². The predicted molar refractivity (Wildman–Crippen MR) is 150 cm³/mol. The highest BCUT2D eigenvalue weighted by Gasteiger charge is 2.47. The highest BCUT2D eigenvalue weighted by molar-refractivity contribution is 6.51. The number of hydrogen-bond donors (Lipinski definition) is 1. The molecule has 0 spiro atoms. The fraction of sp³-hybridized carbons (Fsp3) is 0.312. The SMILES string of the molecule is CCOc1ccc(/C(O)=C2/C(=O)C(=O)N(c3ccc(C)c(C)c3)C2c2cccc(OC)c2)cc1C(C)(C)C. The van der Waals surface area contributed by atoms with Crippen LogP contribution in [0.5, 0.6) is 11.5 Å². The predicted octanol–water partition coefficient (Wildman–Crippen LogP) is 6.63. The first-order chi connectivity index (χ1) is 18.0. The Kier molecular flexibility index (Phi) is 7.36. The van der Waals surface area contributed by atoms with Crippen molar-refractivity contribution in [2.24, 2.45) is 0 Å². The summed E-state index contributed by atoms with van der Waals surface area (Å²) in [6.45, 7) is 12.6. The lowest BCUT2D eigenvalue weighted by Gasteiger charge is -2.27. The lowest BCUT2D eigenvalue weighted by Crippen LogP contribution is -2.29. The average Bonchev–Trinajstić information content (AvgIpc) is 3.15. The van der Waals surface area contributed by atoms with Gasteiger partial charge in [0.05, 0.1) is 25.3 Å². The first kappa shape index (κ1) is 27.0. The van der Waals surface area contributed by atoms with Gasteiger partial charge in [-0.15, -0.1) is 0 Å². The number of aliphatic hydroxyl groups is 1. The number of Topliss-reactive ketones (excluding diaryl/α,β-unsaturated/α-hetero) is 1. The van der Waals surface area contributed by atoms with Crippen molar-refractivity contribution < 1.29 is 24.2 Å². The average molecular weight is 514 g/mol. The summed E-state index contributed by atoms with van der Waals surface area (Å²) < 4.78 is 11.3. The van der Waals surface area contributed by atoms with Gasteiger partial charge in [0.15, 0.2) is 0 Å². The van der Waals surface area contributed by atoms with Crippen LogP contribution in [0.2, 0.25) is 0 Å². The van der Waals surface area contributed by atoms with Gasteiger partial charge in [-0.3, -0.25) is 14.5 Å². The zero-order chi connectivity index (χ0) is 27.8. The summed E-state index contributed by atoms with van der Waals surface area (Å²) in [5.74, 6) is -0.346. The van der Waals surface area contributed by atoms with Crippen LogP contribution >= 0.6 is 0 Å². The van der Waals surface area contributed by atoms with Crippen LogP contribution in [0, 0.1) is 13.8 Å². The van der Waals surface area contributed by atoms with Crippen LogP contribution in [0.1, 0.15) is 61.6 Å². The number of carbonyl (C=O) groups excluding carboxylic acids is 2. The van der Waals surface area contributed by atoms with Crippen LogP contribution in [0.4, 0.5) is 5.69 Å². The minimum atomic E-state index is -0.836. The van der Waals surface area contributed by atoms with Crippen LogP contribution in [-0.2, 0) is 15.0 Å². The minimum Gasteiger partial charge on any atom is -0.507 e. The molecule has 1 aliphatic rings. The Bertz CT molecular complexity index is 1430. The molecule has 1 heterocycles. The van der Waals surface area contributed by atoms with E-state index < -0.39 is 17.7 Å². The van der Waals surface area contributed by atoms with Crippen LogP contribution in [0.15, 0.2) is 66.2 Å². The van der Waals surface area contributed by atoms with Gasteiger partial charge >= 0.3 is 0 Å². The molecule has 1 fully saturated rings. The van der Waals surface area contributed by atoms with Crippen LogP contribution in [0.3, 0.4) is 0 Å². The van der Waals surface area contributed by atoms with E-state index in [-0.39, 0.29) is 16.7 Å². The maximum Gasteiger partial charge on any atom is 0.300 e. The molecule has 1 N–H and O–H groups in total. The molecule has 1 atom stereocenters. The Labute approximate surface area is 224 Å². The van der Waals surface area contributed by atoms with Gasteiger partial charge in [0.2, 0.25) is 0 Å². The summed E-state index contributed by atoms with van der Waals surface area (Å²) in [5, 5.41) is 11.6. The molecule has 0 radical (unpaired) electrons. The molecule has 6 heteroatoms. The first-order valence-electron chi connectivity index (χ1n) is 12.8. The van der Waals surface area contributed by atoms with Crippen molar-refractivity contribution in [3.8, 4) is 11.5 Å². The molecule has 0 aromatic heterocycles. The topological polar surface area (TPSA) is 76.1 Å². The van der Waals surface area contributed by atoms with Crippen LogP contribution < -0.4 is 14.4 Å². The molecular weight excluding hydrogens is 478 g/mol. The van der Waals surface area contributed by atoms with Crippen molar-refractivity contribution in [2.75, 3.05) is 18.6 Å². The lowest BCUT2D eigenvalue weighted by atomic mass is 9.84. The molecule has 1 saturated heterocycles. The maximum absolute atomic E-state index is 13.6. The second-order valence-corrected chi connectivity index (χ2v) is 10.6. The van der Waals surface area contributed by atoms with Crippen molar-refractivity contribution in [3.63, 3.8) is 0 Å². The number of anilines is 1. The molecule has 3 aromatic rings. The number of benzene rings is 3.